The minimum absolute atomic E-state index is 0.0486. The van der Waals surface area contributed by atoms with Crippen LogP contribution in [0.4, 0.5) is 11.9 Å². The zero-order valence-corrected chi connectivity index (χ0v) is 11.3. The summed E-state index contributed by atoms with van der Waals surface area (Å²) in [6.45, 7) is 2.50. The van der Waals surface area contributed by atoms with Gasteiger partial charge in [-0.15, -0.1) is 0 Å². The van der Waals surface area contributed by atoms with Gasteiger partial charge < -0.3 is 16.0 Å². The second-order valence-electron chi connectivity index (χ2n) is 3.96. The molecule has 0 aliphatic rings. The van der Waals surface area contributed by atoms with Gasteiger partial charge in [-0.05, 0) is 6.92 Å². The lowest BCUT2D eigenvalue weighted by Gasteiger charge is -2.19. The number of rotatable bonds is 6. The number of primary amides is 1. The van der Waals surface area contributed by atoms with E-state index in [1.165, 1.54) is 0 Å². The molecule has 0 aliphatic carbocycles. The van der Waals surface area contributed by atoms with Crippen molar-refractivity contribution in [2.75, 3.05) is 30.4 Å². The van der Waals surface area contributed by atoms with Crippen molar-refractivity contribution in [1.29, 1.82) is 0 Å². The first-order chi connectivity index (χ1) is 9.63. The standard InChI is InChI=1S/C11H16N8O/c1-3-18(6-8(12)20)10-15-9(13-2)16-11(17-10)19-5-4-14-7-19/h4-5,7H,3,6H2,1-2H3,(H2,12,20)(H,13,15,16,17). The van der Waals surface area contributed by atoms with Crippen molar-refractivity contribution in [3.05, 3.63) is 18.7 Å². The van der Waals surface area contributed by atoms with E-state index in [-0.39, 0.29) is 6.54 Å². The summed E-state index contributed by atoms with van der Waals surface area (Å²) in [5.41, 5.74) is 5.23. The highest BCUT2D eigenvalue weighted by molar-refractivity contribution is 5.78. The van der Waals surface area contributed by atoms with Crippen molar-refractivity contribution in [2.45, 2.75) is 6.92 Å². The second kappa shape index (κ2) is 5.95. The number of carbonyl (C=O) groups is 1. The van der Waals surface area contributed by atoms with Crippen LogP contribution in [0.3, 0.4) is 0 Å². The molecule has 1 amide bonds. The first kappa shape index (κ1) is 13.7. The molecule has 2 aromatic heterocycles. The SMILES string of the molecule is CCN(CC(N)=O)c1nc(NC)nc(-n2ccnc2)n1. The van der Waals surface area contributed by atoms with Crippen LogP contribution in [0.25, 0.3) is 5.95 Å². The van der Waals surface area contributed by atoms with Crippen molar-refractivity contribution in [2.24, 2.45) is 5.73 Å². The van der Waals surface area contributed by atoms with Gasteiger partial charge in [-0.2, -0.15) is 15.0 Å². The summed E-state index contributed by atoms with van der Waals surface area (Å²) < 4.78 is 1.66. The van der Waals surface area contributed by atoms with Gasteiger partial charge in [0.05, 0.1) is 6.54 Å². The number of amides is 1. The lowest BCUT2D eigenvalue weighted by Crippen LogP contribution is -2.35. The third-order valence-corrected chi connectivity index (χ3v) is 2.58. The molecule has 2 aromatic rings. The second-order valence-corrected chi connectivity index (χ2v) is 3.96. The summed E-state index contributed by atoms with van der Waals surface area (Å²) in [5.74, 6) is 0.762. The molecule has 9 heteroatoms. The average Bonchev–Trinajstić information content (AvgIpc) is 2.98. The fraction of sp³-hybridized carbons (Fsp3) is 0.364. The number of aromatic nitrogens is 5. The van der Waals surface area contributed by atoms with Crippen LogP contribution in [-0.4, -0.2) is 50.5 Å². The Morgan fingerprint density at radius 1 is 1.45 bits per heavy atom. The molecule has 0 atom stereocenters. The van der Waals surface area contributed by atoms with Crippen LogP contribution < -0.4 is 16.0 Å². The van der Waals surface area contributed by atoms with Gasteiger partial charge in [0.1, 0.15) is 6.33 Å². The molecule has 2 heterocycles. The molecule has 9 nitrogen and oxygen atoms in total. The molecular weight excluding hydrogens is 260 g/mol. The van der Waals surface area contributed by atoms with E-state index in [9.17, 15) is 4.79 Å². The van der Waals surface area contributed by atoms with Crippen LogP contribution in [0.2, 0.25) is 0 Å². The number of anilines is 2. The summed E-state index contributed by atoms with van der Waals surface area (Å²) in [4.78, 5) is 29.5. The van der Waals surface area contributed by atoms with Gasteiger partial charge in [0.25, 0.3) is 0 Å². The first-order valence-electron chi connectivity index (χ1n) is 6.09. The van der Waals surface area contributed by atoms with Crippen LogP contribution in [0.5, 0.6) is 0 Å². The van der Waals surface area contributed by atoms with Crippen molar-refractivity contribution < 1.29 is 4.79 Å². The number of nitrogens with zero attached hydrogens (tertiary/aromatic N) is 6. The molecule has 2 rings (SSSR count). The van der Waals surface area contributed by atoms with Crippen molar-refractivity contribution in [1.82, 2.24) is 24.5 Å². The Balaban J connectivity index is 2.42. The quantitative estimate of drug-likeness (QED) is 0.724. The molecular formula is C11H16N8O. The van der Waals surface area contributed by atoms with Crippen molar-refractivity contribution in [3.63, 3.8) is 0 Å². The van der Waals surface area contributed by atoms with E-state index < -0.39 is 5.91 Å². The minimum atomic E-state index is -0.442. The highest BCUT2D eigenvalue weighted by Crippen LogP contribution is 2.12. The van der Waals surface area contributed by atoms with Gasteiger partial charge in [0.15, 0.2) is 0 Å². The van der Waals surface area contributed by atoms with E-state index in [1.807, 2.05) is 6.92 Å². The predicted molar refractivity (Wildman–Crippen MR) is 73.6 cm³/mol. The molecule has 0 unspecified atom stereocenters. The summed E-state index contributed by atoms with van der Waals surface area (Å²) >= 11 is 0. The maximum Gasteiger partial charge on any atom is 0.241 e. The first-order valence-corrected chi connectivity index (χ1v) is 6.09. The molecule has 0 bridgehead atoms. The van der Waals surface area contributed by atoms with Gasteiger partial charge in [-0.1, -0.05) is 0 Å². The molecule has 0 spiro atoms. The third kappa shape index (κ3) is 2.99. The van der Waals surface area contributed by atoms with Crippen LogP contribution in [0, 0.1) is 0 Å². The van der Waals surface area contributed by atoms with Crippen LogP contribution in [-0.2, 0) is 4.79 Å². The Kier molecular flexibility index (Phi) is 4.08. The Hall–Kier alpha value is -2.71. The molecule has 0 radical (unpaired) electrons. The number of hydrogen-bond acceptors (Lipinski definition) is 7. The van der Waals surface area contributed by atoms with E-state index >= 15 is 0 Å². The maximum atomic E-state index is 11.1. The molecule has 106 valence electrons. The summed E-state index contributed by atoms with van der Waals surface area (Å²) in [7, 11) is 1.71. The Morgan fingerprint density at radius 3 is 2.80 bits per heavy atom. The molecule has 0 aliphatic heterocycles. The molecule has 0 aromatic carbocycles. The van der Waals surface area contributed by atoms with Crippen LogP contribution in [0.1, 0.15) is 6.92 Å². The Labute approximate surface area is 115 Å². The third-order valence-electron chi connectivity index (χ3n) is 2.58. The number of imidazole rings is 1. The van der Waals surface area contributed by atoms with E-state index in [0.29, 0.717) is 24.4 Å². The molecule has 0 saturated heterocycles. The number of likely N-dealkylation sites (N-methyl/N-ethyl adjacent to an activating group) is 1. The monoisotopic (exact) mass is 276 g/mol. The summed E-state index contributed by atoms with van der Waals surface area (Å²) in [6.07, 6.45) is 4.94. The number of nitrogens with one attached hydrogen (secondary N) is 1. The smallest absolute Gasteiger partial charge is 0.241 e. The van der Waals surface area contributed by atoms with Gasteiger partial charge in [0, 0.05) is 26.0 Å². The molecule has 0 fully saturated rings. The normalized spacial score (nSPS) is 10.3. The highest BCUT2D eigenvalue weighted by atomic mass is 16.1. The van der Waals surface area contributed by atoms with Gasteiger partial charge in [-0.3, -0.25) is 9.36 Å². The summed E-state index contributed by atoms with van der Waals surface area (Å²) in [5, 5.41) is 2.86. The Bertz CT molecular complexity index is 582. The summed E-state index contributed by atoms with van der Waals surface area (Å²) in [6, 6.07) is 0. The largest absolute Gasteiger partial charge is 0.368 e. The minimum Gasteiger partial charge on any atom is -0.368 e. The van der Waals surface area contributed by atoms with Crippen molar-refractivity contribution in [3.8, 4) is 5.95 Å². The van der Waals surface area contributed by atoms with E-state index in [4.69, 9.17) is 5.73 Å². The van der Waals surface area contributed by atoms with Gasteiger partial charge >= 0.3 is 0 Å². The lowest BCUT2D eigenvalue weighted by molar-refractivity contribution is -0.116. The lowest BCUT2D eigenvalue weighted by atomic mass is 10.5. The molecule has 0 saturated carbocycles. The number of hydrogen-bond donors (Lipinski definition) is 2. The Morgan fingerprint density at radius 2 is 2.25 bits per heavy atom. The van der Waals surface area contributed by atoms with Gasteiger partial charge in [0.2, 0.25) is 23.8 Å². The fourth-order valence-corrected chi connectivity index (χ4v) is 1.61. The maximum absolute atomic E-state index is 11.1. The van der Waals surface area contributed by atoms with E-state index in [1.54, 1.807) is 35.2 Å². The van der Waals surface area contributed by atoms with Crippen LogP contribution in [0.15, 0.2) is 18.7 Å². The van der Waals surface area contributed by atoms with E-state index in [0.717, 1.165) is 0 Å². The predicted octanol–water partition coefficient (Wildman–Crippen LogP) is -0.589. The highest BCUT2D eigenvalue weighted by Gasteiger charge is 2.14. The zero-order valence-electron chi connectivity index (χ0n) is 11.3. The number of nitrogens with two attached hydrogens (primary N) is 1. The molecule has 20 heavy (non-hydrogen) atoms. The topological polar surface area (TPSA) is 115 Å². The zero-order chi connectivity index (χ0) is 14.5. The molecule has 3 N–H and O–H groups in total. The van der Waals surface area contributed by atoms with E-state index in [2.05, 4.69) is 25.3 Å². The average molecular weight is 276 g/mol. The van der Waals surface area contributed by atoms with Crippen molar-refractivity contribution >= 4 is 17.8 Å². The number of carbonyl (C=O) groups excluding carboxylic acids is 1. The van der Waals surface area contributed by atoms with Crippen LogP contribution >= 0.6 is 0 Å². The fourth-order valence-electron chi connectivity index (χ4n) is 1.61. The van der Waals surface area contributed by atoms with Gasteiger partial charge in [-0.25, -0.2) is 4.98 Å².